The van der Waals surface area contributed by atoms with Crippen LogP contribution >= 0.6 is 28.8 Å². The van der Waals surface area contributed by atoms with E-state index in [9.17, 15) is 0 Å². The van der Waals surface area contributed by atoms with Gasteiger partial charge in [0.25, 0.3) is 0 Å². The first-order valence-electron chi connectivity index (χ1n) is 10.2. The van der Waals surface area contributed by atoms with Crippen molar-refractivity contribution in [2.24, 2.45) is 9.98 Å². The van der Waals surface area contributed by atoms with Crippen molar-refractivity contribution in [3.8, 4) is 0 Å². The van der Waals surface area contributed by atoms with E-state index in [-0.39, 0.29) is 11.1 Å². The molecule has 0 bridgehead atoms. The molecule has 2 aliphatic heterocycles. The fourth-order valence-electron chi connectivity index (χ4n) is 2.95. The minimum absolute atomic E-state index is 0.246. The van der Waals surface area contributed by atoms with E-state index in [0.29, 0.717) is 37.7 Å². The zero-order valence-electron chi connectivity index (χ0n) is 19.8. The molecule has 0 saturated carbocycles. The summed E-state index contributed by atoms with van der Waals surface area (Å²) in [5, 5.41) is 0.972. The molecular formula is C22H33Cl2N2NiO4P. The molecule has 0 aliphatic carbocycles. The van der Waals surface area contributed by atoms with Crippen LogP contribution in [-0.4, -0.2) is 47.3 Å². The zero-order chi connectivity index (χ0) is 24.2. The normalized spacial score (nSPS) is 19.6. The summed E-state index contributed by atoms with van der Waals surface area (Å²) in [6, 6.07) is 9.97. The van der Waals surface area contributed by atoms with E-state index >= 15 is 0 Å². The number of rotatable bonds is 7. The van der Waals surface area contributed by atoms with Crippen LogP contribution in [0.15, 0.2) is 40.3 Å². The maximum atomic E-state index is 6.52. The standard InChI is InChI=1S/C22H33N2O4P.2ClH.Ni/c1-19(2)14-25-17(23-19)21(5,6)27-29(16-12-10-9-11-13-16)28-22(7,8)18-24-20(3,4)15-26-18;;;/h9-13H,14-15H2,1-8H3;2*1H;/q;;;+2/p-2. The molecule has 32 heavy (non-hydrogen) atoms. The molecular weight excluding hydrogens is 517 g/mol. The maximum absolute atomic E-state index is 6.52. The number of halogens is 2. The number of nitrogens with zero attached hydrogens (tertiary/aromatic N) is 2. The van der Waals surface area contributed by atoms with Gasteiger partial charge in [0.15, 0.2) is 0 Å². The van der Waals surface area contributed by atoms with E-state index in [1.807, 2.05) is 85.7 Å². The van der Waals surface area contributed by atoms with Gasteiger partial charge in [-0.2, -0.15) is 0 Å². The van der Waals surface area contributed by atoms with E-state index in [0.717, 1.165) is 5.30 Å². The van der Waals surface area contributed by atoms with Crippen LogP contribution in [0.1, 0.15) is 55.4 Å². The molecule has 1 aromatic carbocycles. The Kier molecular flexibility index (Phi) is 9.47. The number of ether oxygens (including phenoxy) is 2. The van der Waals surface area contributed by atoms with Crippen LogP contribution in [0.4, 0.5) is 0 Å². The van der Waals surface area contributed by atoms with Gasteiger partial charge in [0, 0.05) is 5.30 Å². The monoisotopic (exact) mass is 548 g/mol. The summed E-state index contributed by atoms with van der Waals surface area (Å²) in [5.74, 6) is 1.20. The molecule has 0 amide bonds. The van der Waals surface area contributed by atoms with Gasteiger partial charge in [-0.15, -0.1) is 0 Å². The molecule has 0 spiro atoms. The van der Waals surface area contributed by atoms with Gasteiger partial charge in [0.2, 0.25) is 20.2 Å². The van der Waals surface area contributed by atoms with Crippen LogP contribution in [-0.2, 0) is 31.2 Å². The Labute approximate surface area is 207 Å². The molecule has 2 heterocycles. The first kappa shape index (κ1) is 27.8. The molecule has 0 unspecified atom stereocenters. The molecule has 2 aliphatic rings. The summed E-state index contributed by atoms with van der Waals surface area (Å²) in [7, 11) is 7.96. The molecule has 1 aromatic rings. The summed E-state index contributed by atoms with van der Waals surface area (Å²) in [4.78, 5) is 9.42. The Morgan fingerprint density at radius 1 is 0.844 bits per heavy atom. The molecule has 0 radical (unpaired) electrons. The fraction of sp³-hybridized carbons (Fsp3) is 0.636. The minimum atomic E-state index is -1.45. The Morgan fingerprint density at radius 2 is 1.22 bits per heavy atom. The van der Waals surface area contributed by atoms with E-state index < -0.39 is 19.6 Å². The Balaban J connectivity index is 0.00000114. The van der Waals surface area contributed by atoms with Crippen LogP contribution in [0.25, 0.3) is 0 Å². The number of benzene rings is 1. The fourth-order valence-corrected chi connectivity index (χ4v) is 4.60. The zero-order valence-corrected chi connectivity index (χ0v) is 23.2. The molecule has 3 rings (SSSR count). The molecule has 10 heteroatoms. The number of hydrogen-bond acceptors (Lipinski definition) is 6. The summed E-state index contributed by atoms with van der Waals surface area (Å²) in [6.45, 7) is 17.2. The Morgan fingerprint density at radius 3 is 1.53 bits per heavy atom. The molecule has 0 aromatic heterocycles. The third kappa shape index (κ3) is 7.82. The summed E-state index contributed by atoms with van der Waals surface area (Å²) in [5.41, 5.74) is -1.96. The molecule has 0 fully saturated rings. The van der Waals surface area contributed by atoms with Gasteiger partial charge in [-0.3, -0.25) is 0 Å². The van der Waals surface area contributed by atoms with Crippen LogP contribution in [0.5, 0.6) is 0 Å². The second-order valence-electron chi connectivity index (χ2n) is 9.88. The van der Waals surface area contributed by atoms with Crippen molar-refractivity contribution in [1.82, 2.24) is 0 Å². The van der Waals surface area contributed by atoms with Crippen molar-refractivity contribution in [1.29, 1.82) is 0 Å². The van der Waals surface area contributed by atoms with Gasteiger partial charge in [-0.1, -0.05) is 18.2 Å². The third-order valence-electron chi connectivity index (χ3n) is 4.55. The SMILES string of the molecule is CC1(C)COC(C(C)(C)OP(OC(C)(C)C2=NC(C)(C)CO2)c2ccccc2)=N1.[Cl][Ni][Cl]. The van der Waals surface area contributed by atoms with E-state index in [4.69, 9.17) is 48.9 Å². The molecule has 184 valence electrons. The van der Waals surface area contributed by atoms with Crippen molar-refractivity contribution in [3.63, 3.8) is 0 Å². The van der Waals surface area contributed by atoms with Crippen molar-refractivity contribution >= 4 is 45.9 Å². The van der Waals surface area contributed by atoms with E-state index in [1.54, 1.807) is 0 Å². The summed E-state index contributed by atoms with van der Waals surface area (Å²) in [6.07, 6.45) is 0. The van der Waals surface area contributed by atoms with Crippen LogP contribution < -0.4 is 5.30 Å². The average Bonchev–Trinajstić information content (AvgIpc) is 3.24. The van der Waals surface area contributed by atoms with Crippen molar-refractivity contribution in [2.45, 2.75) is 77.7 Å². The predicted octanol–water partition coefficient (Wildman–Crippen LogP) is 6.01. The second-order valence-corrected chi connectivity index (χ2v) is 12.9. The molecule has 6 nitrogen and oxygen atoms in total. The van der Waals surface area contributed by atoms with Crippen molar-refractivity contribution < 1.29 is 31.2 Å². The molecule has 0 atom stereocenters. The van der Waals surface area contributed by atoms with Crippen LogP contribution in [0, 0.1) is 0 Å². The van der Waals surface area contributed by atoms with Crippen LogP contribution in [0.2, 0.25) is 0 Å². The van der Waals surface area contributed by atoms with Gasteiger partial charge in [-0.25, -0.2) is 9.98 Å². The van der Waals surface area contributed by atoms with Gasteiger partial charge in [-0.05, 0) is 67.5 Å². The Bertz CT molecular complexity index is 784. The van der Waals surface area contributed by atoms with Crippen molar-refractivity contribution in [2.75, 3.05) is 13.2 Å². The molecule has 0 N–H and O–H groups in total. The number of aliphatic imine (C=N–C) groups is 2. The van der Waals surface area contributed by atoms with Gasteiger partial charge >= 0.3 is 33.0 Å². The third-order valence-corrected chi connectivity index (χ3v) is 6.52. The summed E-state index contributed by atoms with van der Waals surface area (Å²) >= 11 is 0.569. The first-order chi connectivity index (χ1) is 14.7. The topological polar surface area (TPSA) is 61.6 Å². The van der Waals surface area contributed by atoms with Crippen molar-refractivity contribution in [3.05, 3.63) is 30.3 Å². The first-order valence-corrected chi connectivity index (χ1v) is 14.1. The van der Waals surface area contributed by atoms with E-state index in [2.05, 4.69) is 0 Å². The van der Waals surface area contributed by atoms with Gasteiger partial charge in [0.05, 0.1) is 11.1 Å². The average molecular weight is 550 g/mol. The van der Waals surface area contributed by atoms with Gasteiger partial charge in [0.1, 0.15) is 24.4 Å². The second kappa shape index (κ2) is 10.9. The quantitative estimate of drug-likeness (QED) is 0.309. The number of hydrogen-bond donors (Lipinski definition) is 0. The summed E-state index contributed by atoms with van der Waals surface area (Å²) < 4.78 is 24.8. The van der Waals surface area contributed by atoms with Crippen LogP contribution in [0.3, 0.4) is 0 Å². The molecule has 0 saturated heterocycles. The predicted molar refractivity (Wildman–Crippen MR) is 130 cm³/mol. The van der Waals surface area contributed by atoms with Gasteiger partial charge < -0.3 is 18.5 Å². The Hall–Kier alpha value is -0.416. The van der Waals surface area contributed by atoms with E-state index in [1.165, 1.54) is 0 Å².